The lowest BCUT2D eigenvalue weighted by atomic mass is 10.0. The highest BCUT2D eigenvalue weighted by Gasteiger charge is 2.20. The minimum absolute atomic E-state index is 0.582. The summed E-state index contributed by atoms with van der Waals surface area (Å²) in [6.45, 7) is 0. The maximum absolute atomic E-state index is 6.23. The quantitative estimate of drug-likeness (QED) is 0.200. The highest BCUT2D eigenvalue weighted by molar-refractivity contribution is 5.90. The molecule has 0 atom stereocenters. The van der Waals surface area contributed by atoms with Gasteiger partial charge in [-0.3, -0.25) is 0 Å². The molecule has 5 nitrogen and oxygen atoms in total. The van der Waals surface area contributed by atoms with Gasteiger partial charge in [-0.15, -0.1) is 0 Å². The van der Waals surface area contributed by atoms with E-state index >= 15 is 0 Å². The molecule has 0 aliphatic heterocycles. The number of hydrogen-bond acceptors (Lipinski definition) is 5. The summed E-state index contributed by atoms with van der Waals surface area (Å²) in [4.78, 5) is 17.2. The van der Waals surface area contributed by atoms with Crippen molar-refractivity contribution in [1.82, 2.24) is 15.0 Å². The van der Waals surface area contributed by atoms with Crippen molar-refractivity contribution in [2.75, 3.05) is 4.90 Å². The lowest BCUT2D eigenvalue weighted by Gasteiger charge is -2.27. The van der Waals surface area contributed by atoms with Gasteiger partial charge in [-0.25, -0.2) is 15.0 Å². The summed E-state index contributed by atoms with van der Waals surface area (Å²) in [5.41, 5.74) is 11.0. The minimum atomic E-state index is 0.582. The Morgan fingerprint density at radius 3 is 1.61 bits per heavy atom. The van der Waals surface area contributed by atoms with Gasteiger partial charge >= 0.3 is 0 Å². The van der Waals surface area contributed by atoms with E-state index in [1.807, 2.05) is 84.9 Å². The van der Waals surface area contributed by atoms with E-state index in [1.165, 1.54) is 0 Å². The first-order chi connectivity index (χ1) is 21.8. The highest BCUT2D eigenvalue weighted by Crippen LogP contribution is 2.42. The predicted octanol–water partition coefficient (Wildman–Crippen LogP) is 10.2. The topological polar surface area (TPSA) is 55.1 Å². The summed E-state index contributed by atoms with van der Waals surface area (Å²) >= 11 is 0. The Hall–Kier alpha value is -6.07. The molecule has 0 bridgehead atoms. The number of para-hydroxylation sites is 6. The Bertz CT molecular complexity index is 2190. The van der Waals surface area contributed by atoms with Gasteiger partial charge in [-0.05, 0) is 60.7 Å². The lowest BCUT2D eigenvalue weighted by Crippen LogP contribution is -2.11. The van der Waals surface area contributed by atoms with Crippen LogP contribution in [0.25, 0.3) is 56.1 Å². The molecule has 8 rings (SSSR count). The fourth-order valence-electron chi connectivity index (χ4n) is 5.61. The maximum Gasteiger partial charge on any atom is 0.229 e. The second-order valence-corrected chi connectivity index (χ2v) is 10.5. The zero-order valence-electron chi connectivity index (χ0n) is 23.7. The summed E-state index contributed by atoms with van der Waals surface area (Å²) in [7, 11) is 0. The number of hydrogen-bond donors (Lipinski definition) is 0. The Morgan fingerprint density at radius 1 is 0.409 bits per heavy atom. The van der Waals surface area contributed by atoms with Gasteiger partial charge in [0.1, 0.15) is 5.52 Å². The molecule has 0 amide bonds. The van der Waals surface area contributed by atoms with Crippen LogP contribution in [0.2, 0.25) is 0 Å². The Kier molecular flexibility index (Phi) is 6.39. The maximum atomic E-state index is 6.23. The second-order valence-electron chi connectivity index (χ2n) is 10.5. The third-order valence-corrected chi connectivity index (χ3v) is 7.70. The lowest BCUT2D eigenvalue weighted by molar-refractivity contribution is 0.620. The first kappa shape index (κ1) is 25.6. The summed E-state index contributed by atoms with van der Waals surface area (Å²) in [6.07, 6.45) is 0. The molecule has 0 radical (unpaired) electrons. The summed E-state index contributed by atoms with van der Waals surface area (Å²) in [6, 6.07) is 53.2. The smallest absolute Gasteiger partial charge is 0.229 e. The van der Waals surface area contributed by atoms with Crippen molar-refractivity contribution in [2.45, 2.75) is 0 Å². The van der Waals surface area contributed by atoms with Gasteiger partial charge in [0, 0.05) is 22.5 Å². The van der Waals surface area contributed by atoms with Gasteiger partial charge in [-0.1, -0.05) is 97.1 Å². The van der Waals surface area contributed by atoms with Gasteiger partial charge in [0.25, 0.3) is 0 Å². The molecule has 6 aromatic carbocycles. The number of fused-ring (bicyclic) bond motifs is 2. The molecule has 44 heavy (non-hydrogen) atoms. The van der Waals surface area contributed by atoms with E-state index in [9.17, 15) is 0 Å². The standard InChI is InChI=1S/C39H26N4O/c1-3-13-27(14-4-1)37-38(41-33-19-9-8-18-32(33)40-37)28-23-25-30(26-24-28)43(29-15-5-2-6-16-29)35-21-11-7-17-31(35)39-42-34-20-10-12-22-36(34)44-39/h1-26H. The molecular formula is C39H26N4O. The zero-order valence-corrected chi connectivity index (χ0v) is 23.7. The molecule has 5 heteroatoms. The van der Waals surface area contributed by atoms with E-state index < -0.39 is 0 Å². The fraction of sp³-hybridized carbons (Fsp3) is 0. The third kappa shape index (κ3) is 4.67. The molecule has 0 aliphatic rings. The van der Waals surface area contributed by atoms with Gasteiger partial charge in [0.15, 0.2) is 5.58 Å². The van der Waals surface area contributed by atoms with Crippen LogP contribution in [0.1, 0.15) is 0 Å². The Morgan fingerprint density at radius 2 is 0.932 bits per heavy atom. The highest BCUT2D eigenvalue weighted by atomic mass is 16.3. The van der Waals surface area contributed by atoms with Crippen LogP contribution >= 0.6 is 0 Å². The monoisotopic (exact) mass is 566 g/mol. The number of aromatic nitrogens is 3. The van der Waals surface area contributed by atoms with E-state index in [-0.39, 0.29) is 0 Å². The average molecular weight is 567 g/mol. The average Bonchev–Trinajstić information content (AvgIpc) is 3.54. The van der Waals surface area contributed by atoms with Gasteiger partial charge in [0.05, 0.1) is 33.7 Å². The van der Waals surface area contributed by atoms with Gasteiger partial charge in [-0.2, -0.15) is 0 Å². The van der Waals surface area contributed by atoms with E-state index in [1.54, 1.807) is 0 Å². The number of nitrogens with zero attached hydrogens (tertiary/aromatic N) is 4. The van der Waals surface area contributed by atoms with Crippen molar-refractivity contribution in [3.05, 3.63) is 158 Å². The first-order valence-corrected chi connectivity index (χ1v) is 14.5. The molecular weight excluding hydrogens is 540 g/mol. The molecule has 0 saturated heterocycles. The Labute approximate surface area is 254 Å². The van der Waals surface area contributed by atoms with Gasteiger partial charge < -0.3 is 9.32 Å². The van der Waals surface area contributed by atoms with Crippen LogP contribution in [0, 0.1) is 0 Å². The molecule has 2 aromatic heterocycles. The summed E-state index contributed by atoms with van der Waals surface area (Å²) < 4.78 is 6.23. The van der Waals surface area contributed by atoms with Crippen molar-refractivity contribution in [3.63, 3.8) is 0 Å². The van der Waals surface area contributed by atoms with Crippen LogP contribution in [0.4, 0.5) is 17.1 Å². The second kappa shape index (κ2) is 11.0. The molecule has 0 saturated carbocycles. The third-order valence-electron chi connectivity index (χ3n) is 7.70. The molecule has 0 N–H and O–H groups in total. The predicted molar refractivity (Wildman–Crippen MR) is 178 cm³/mol. The van der Waals surface area contributed by atoms with E-state index in [4.69, 9.17) is 19.4 Å². The van der Waals surface area contributed by atoms with Crippen LogP contribution in [0.15, 0.2) is 162 Å². The van der Waals surface area contributed by atoms with Crippen LogP contribution in [-0.4, -0.2) is 15.0 Å². The number of benzene rings is 6. The van der Waals surface area contributed by atoms with Crippen LogP contribution in [-0.2, 0) is 0 Å². The number of rotatable bonds is 6. The van der Waals surface area contributed by atoms with Crippen molar-refractivity contribution in [2.24, 2.45) is 0 Å². The normalized spacial score (nSPS) is 11.2. The summed E-state index contributed by atoms with van der Waals surface area (Å²) in [5, 5.41) is 0. The van der Waals surface area contributed by atoms with Crippen LogP contribution in [0.5, 0.6) is 0 Å². The van der Waals surface area contributed by atoms with Crippen molar-refractivity contribution in [1.29, 1.82) is 0 Å². The molecule has 0 fully saturated rings. The molecule has 0 aliphatic carbocycles. The molecule has 8 aromatic rings. The number of anilines is 3. The Balaban J connectivity index is 1.27. The van der Waals surface area contributed by atoms with E-state index in [0.29, 0.717) is 5.89 Å². The van der Waals surface area contributed by atoms with E-state index in [2.05, 4.69) is 77.7 Å². The molecule has 208 valence electrons. The van der Waals surface area contributed by atoms with Crippen molar-refractivity contribution >= 4 is 39.2 Å². The summed E-state index contributed by atoms with van der Waals surface area (Å²) in [5.74, 6) is 0.582. The van der Waals surface area contributed by atoms with Crippen LogP contribution in [0.3, 0.4) is 0 Å². The van der Waals surface area contributed by atoms with Crippen molar-refractivity contribution < 1.29 is 4.42 Å². The van der Waals surface area contributed by atoms with Crippen LogP contribution < -0.4 is 4.90 Å². The number of oxazole rings is 1. The van der Waals surface area contributed by atoms with E-state index in [0.717, 1.165) is 67.3 Å². The fourth-order valence-corrected chi connectivity index (χ4v) is 5.61. The largest absolute Gasteiger partial charge is 0.436 e. The first-order valence-electron chi connectivity index (χ1n) is 14.5. The SMILES string of the molecule is c1ccc(-c2nc3ccccc3nc2-c2ccc(N(c3ccccc3)c3ccccc3-c3nc4ccccc4o3)cc2)cc1. The zero-order chi connectivity index (χ0) is 29.3. The molecule has 2 heterocycles. The van der Waals surface area contributed by atoms with Crippen molar-refractivity contribution in [3.8, 4) is 34.0 Å². The molecule has 0 spiro atoms. The van der Waals surface area contributed by atoms with Gasteiger partial charge in [0.2, 0.25) is 5.89 Å². The molecule has 0 unspecified atom stereocenters. The minimum Gasteiger partial charge on any atom is -0.436 e.